The third kappa shape index (κ3) is 50.8. The molecule has 7 aromatic rings. The van der Waals surface area contributed by atoms with Gasteiger partial charge >= 0.3 is 23.2 Å². The lowest BCUT2D eigenvalue weighted by atomic mass is 9.90. The van der Waals surface area contributed by atoms with Crippen LogP contribution < -0.4 is 4.74 Å². The zero-order valence-electron chi connectivity index (χ0n) is 73.6. The number of hydrogen-bond donors (Lipinski definition) is 2. The van der Waals surface area contributed by atoms with Crippen molar-refractivity contribution >= 4 is 63.4 Å². The van der Waals surface area contributed by atoms with Gasteiger partial charge < -0.3 is 38.3 Å². The van der Waals surface area contributed by atoms with Crippen LogP contribution in [-0.4, -0.2) is 90.4 Å². The van der Waals surface area contributed by atoms with E-state index >= 15 is 0 Å². The Bertz CT molecular complexity index is 3750. The number of phenolic OH excluding ortho intramolecular Hbond substituents is 2. The van der Waals surface area contributed by atoms with Gasteiger partial charge in [-0.3, -0.25) is 14.4 Å². The fourth-order valence-electron chi connectivity index (χ4n) is 8.47. The highest BCUT2D eigenvalue weighted by Gasteiger charge is 2.47. The van der Waals surface area contributed by atoms with E-state index in [1.165, 1.54) is 59.7 Å². The molecule has 0 saturated heterocycles. The van der Waals surface area contributed by atoms with Crippen molar-refractivity contribution in [3.05, 3.63) is 215 Å². The van der Waals surface area contributed by atoms with Crippen LogP contribution in [0.1, 0.15) is 287 Å². The SMILES string of the molecule is CCC(C)(C)C(=O)OC(C)(C)C.CCC(C)(C)C(=O)OC(C)(C)C.CCC(C)C(=O)OCCC(F)C(F)(F)S(=O)(=O)[O-].CCC(C)c1ccc(C)cc1.CCC(C)c1ccc(O)cc1.CCC(C)c1ccc(O)cc1.CCC(C)c1ccc(OC)cc1.CCC(C)c1ccc(S(=O)(=O)[O-])cc1.[SH2+]c1ccccc1.[SH2+]c1ccccc1. The van der Waals surface area contributed by atoms with Crippen LogP contribution in [0.25, 0.3) is 0 Å². The summed E-state index contributed by atoms with van der Waals surface area (Å²) in [5.41, 5.74) is 6.39. The van der Waals surface area contributed by atoms with E-state index in [1.54, 1.807) is 50.4 Å². The van der Waals surface area contributed by atoms with Crippen molar-refractivity contribution in [1.29, 1.82) is 0 Å². The number of alkyl halides is 3. The minimum absolute atomic E-state index is 0.113. The van der Waals surface area contributed by atoms with Crippen LogP contribution >= 0.6 is 0 Å². The predicted octanol–water partition coefficient (Wildman–Crippen LogP) is 23.7. The molecule has 15 nitrogen and oxygen atoms in total. The highest BCUT2D eigenvalue weighted by atomic mass is 32.2. The number of carbonyl (C=O) groups is 3. The second-order valence-electron chi connectivity index (χ2n) is 31.4. The molecule has 0 amide bonds. The molecule has 22 heteroatoms. The number of aryl methyl sites for hydroxylation is 1. The van der Waals surface area contributed by atoms with Crippen molar-refractivity contribution in [2.24, 2.45) is 16.7 Å². The van der Waals surface area contributed by atoms with Crippen LogP contribution in [0.3, 0.4) is 0 Å². The van der Waals surface area contributed by atoms with E-state index < -0.39 is 56.6 Å². The third-order valence-corrected chi connectivity index (χ3v) is 21.0. The molecule has 7 atom stereocenters. The van der Waals surface area contributed by atoms with E-state index in [0.717, 1.165) is 53.2 Å². The first-order chi connectivity index (χ1) is 53.1. The molecule has 7 aromatic carbocycles. The fraction of sp³-hybridized carbons (Fsp3) is 0.516. The molecule has 0 aliphatic rings. The molecule has 2 N–H and O–H groups in total. The summed E-state index contributed by atoms with van der Waals surface area (Å²) < 4.78 is 120. The number of phenols is 2. The molecule has 0 saturated carbocycles. The quantitative estimate of drug-likeness (QED) is 0.0262. The number of rotatable bonds is 23. The molecule has 7 rings (SSSR count). The van der Waals surface area contributed by atoms with E-state index in [4.69, 9.17) is 24.4 Å². The van der Waals surface area contributed by atoms with Crippen LogP contribution in [0.15, 0.2) is 197 Å². The molecule has 0 heterocycles. The topological polar surface area (TPSA) is 243 Å². The summed E-state index contributed by atoms with van der Waals surface area (Å²) in [6.07, 6.45) is 3.50. The van der Waals surface area contributed by atoms with Gasteiger partial charge in [0.1, 0.15) is 48.4 Å². The van der Waals surface area contributed by atoms with Gasteiger partial charge in [0.2, 0.25) is 0 Å². The zero-order valence-corrected chi connectivity index (χ0v) is 77.2. The van der Waals surface area contributed by atoms with E-state index in [2.05, 4.69) is 143 Å². The fourth-order valence-corrected chi connectivity index (χ4v) is 9.75. The average Bonchev–Trinajstić information content (AvgIpc) is 0.765. The first kappa shape index (κ1) is 112. The Morgan fingerprint density at radius 2 is 0.722 bits per heavy atom. The molecule has 0 radical (unpaired) electrons. The number of carbonyl (C=O) groups excluding carboxylic acids is 3. The molecular weight excluding hydrogens is 1540 g/mol. The Morgan fingerprint density at radius 3 is 0.948 bits per heavy atom. The summed E-state index contributed by atoms with van der Waals surface area (Å²) in [5.74, 6) is 3.16. The summed E-state index contributed by atoms with van der Waals surface area (Å²) in [4.78, 5) is 36.2. The molecule has 7 unspecified atom stereocenters. The largest absolute Gasteiger partial charge is 0.744 e. The number of benzene rings is 7. The molecule has 0 aliphatic heterocycles. The molecular formula is C93H141F3O15S4. The standard InChI is InChI=1S/C11H16O.C11H16.C10H14O3S.2C10H20O2.2C10H14O.C9H15F3O5S.2C6H6S/c1-4-9(2)10-5-7-11(12-3)8-6-10;1-4-10(3)11-7-5-9(2)6-8-11;1-3-8(2)9-4-6-10(7-5-9)14(11,12)13;2*1-7-10(5,6)8(11)12-9(2,3)4;2*1-3-8(2)9-4-6-10(11)7-5-9;1-3-6(2)8(13)17-5-4-7(10)9(11,12)18(14,15)16;2*7-6-4-2-1-3-5-6/h5-9H,4H2,1-3H3;5-8,10H,4H2,1-3H3;4-8H,3H2,1-2H3,(H,11,12,13);2*7H2,1-6H3;2*4-8,11H,3H2,1-2H3;6-7H,3-5H2,1-2H3,(H,14,15,16);2*1-5,7H. The maximum Gasteiger partial charge on any atom is 0.364 e. The van der Waals surface area contributed by atoms with Crippen molar-refractivity contribution < 1.29 is 82.7 Å². The Balaban J connectivity index is -0.00000122. The zero-order chi connectivity index (χ0) is 89.3. The monoisotopic (exact) mass is 1680 g/mol. The lowest BCUT2D eigenvalue weighted by Crippen LogP contribution is -2.39. The van der Waals surface area contributed by atoms with Crippen molar-refractivity contribution in [2.45, 2.75) is 298 Å². The molecule has 0 aliphatic carbocycles. The molecule has 0 bridgehead atoms. The Hall–Kier alpha value is -7.34. The summed E-state index contributed by atoms with van der Waals surface area (Å²) in [7, 11) is -8.68. The third-order valence-electron chi connectivity index (χ3n) is 18.6. The highest BCUT2D eigenvalue weighted by Crippen LogP contribution is 2.31. The summed E-state index contributed by atoms with van der Waals surface area (Å²) in [6.45, 7) is 49.3. The van der Waals surface area contributed by atoms with E-state index in [9.17, 15) is 53.5 Å². The van der Waals surface area contributed by atoms with Gasteiger partial charge in [-0.2, -0.15) is 8.78 Å². The molecule has 0 fully saturated rings. The highest BCUT2D eigenvalue weighted by molar-refractivity contribution is 7.86. The lowest BCUT2D eigenvalue weighted by molar-refractivity contribution is -0.166. The molecule has 0 spiro atoms. The Morgan fingerprint density at radius 1 is 0.443 bits per heavy atom. The Kier molecular flexibility index (Phi) is 55.3. The second-order valence-corrected chi connectivity index (χ2v) is 35.4. The number of methoxy groups -OCH3 is 1. The number of halogens is 3. The van der Waals surface area contributed by atoms with Gasteiger partial charge in [0.25, 0.3) is 0 Å². The Labute approximate surface area is 702 Å². The van der Waals surface area contributed by atoms with Crippen LogP contribution in [0.5, 0.6) is 17.2 Å². The maximum absolute atomic E-state index is 12.9. The van der Waals surface area contributed by atoms with Crippen molar-refractivity contribution in [2.75, 3.05) is 13.7 Å². The van der Waals surface area contributed by atoms with E-state index in [-0.39, 0.29) is 38.9 Å². The molecule has 0 aromatic heterocycles. The van der Waals surface area contributed by atoms with Gasteiger partial charge in [0, 0.05) is 6.42 Å². The van der Waals surface area contributed by atoms with Crippen molar-refractivity contribution in [3.8, 4) is 17.2 Å². The van der Waals surface area contributed by atoms with Gasteiger partial charge in [-0.15, -0.1) is 0 Å². The number of hydrogen-bond acceptors (Lipinski definition) is 15. The van der Waals surface area contributed by atoms with Gasteiger partial charge in [-0.25, -0.2) is 21.2 Å². The van der Waals surface area contributed by atoms with Crippen molar-refractivity contribution in [3.63, 3.8) is 0 Å². The summed E-state index contributed by atoms with van der Waals surface area (Å²) >= 11 is 6.71. The van der Waals surface area contributed by atoms with Crippen LogP contribution in [0.2, 0.25) is 0 Å². The molecule has 115 heavy (non-hydrogen) atoms. The first-order valence-corrected chi connectivity index (χ1v) is 43.4. The number of aromatic hydroxyl groups is 2. The number of esters is 3. The normalized spacial score (nSPS) is 13.0. The minimum Gasteiger partial charge on any atom is -0.744 e. The van der Waals surface area contributed by atoms with Gasteiger partial charge in [0.05, 0.1) is 35.4 Å². The summed E-state index contributed by atoms with van der Waals surface area (Å²) in [5, 5.41) is 13.0. The van der Waals surface area contributed by atoms with Crippen molar-refractivity contribution in [1.82, 2.24) is 0 Å². The summed E-state index contributed by atoms with van der Waals surface area (Å²) in [6, 6.07) is 58.0. The number of ether oxygens (including phenoxy) is 4. The maximum atomic E-state index is 12.9. The van der Waals surface area contributed by atoms with E-state index in [0.29, 0.717) is 47.5 Å². The lowest BCUT2D eigenvalue weighted by Gasteiger charge is -2.27. The van der Waals surface area contributed by atoms with Gasteiger partial charge in [-0.1, -0.05) is 212 Å². The second kappa shape index (κ2) is 56.9. The minimum atomic E-state index is -6.07. The van der Waals surface area contributed by atoms with Crippen LogP contribution in [0.4, 0.5) is 13.2 Å². The smallest absolute Gasteiger partial charge is 0.364 e. The van der Waals surface area contributed by atoms with E-state index in [1.807, 2.05) is 180 Å². The molecule has 648 valence electrons. The first-order valence-electron chi connectivity index (χ1n) is 39.6. The van der Waals surface area contributed by atoms with Crippen LogP contribution in [-0.2, 0) is 74.1 Å². The predicted molar refractivity (Wildman–Crippen MR) is 472 cm³/mol. The van der Waals surface area contributed by atoms with Gasteiger partial charge in [0.15, 0.2) is 16.3 Å². The average molecular weight is 1680 g/mol. The van der Waals surface area contributed by atoms with Crippen LogP contribution in [0, 0.1) is 23.7 Å². The van der Waals surface area contributed by atoms with Gasteiger partial charge in [-0.05, 0) is 283 Å².